The lowest BCUT2D eigenvalue weighted by molar-refractivity contribution is 0.189. The van der Waals surface area contributed by atoms with Crippen molar-refractivity contribution in [1.29, 1.82) is 0 Å². The molecule has 1 fully saturated rings. The van der Waals surface area contributed by atoms with Gasteiger partial charge in [-0.3, -0.25) is 0 Å². The van der Waals surface area contributed by atoms with Gasteiger partial charge in [-0.15, -0.1) is 0 Å². The Morgan fingerprint density at radius 3 is 2.14 bits per heavy atom. The molecule has 1 nitrogen and oxygen atoms in total. The fourth-order valence-corrected chi connectivity index (χ4v) is 4.37. The smallest absolute Gasteiger partial charge is 0.0164 e. The summed E-state index contributed by atoms with van der Waals surface area (Å²) in [5, 5.41) is 3.71. The maximum atomic E-state index is 3.71. The molecule has 1 saturated carbocycles. The molecule has 1 aliphatic carbocycles. The minimum Gasteiger partial charge on any atom is -0.316 e. The number of benzene rings is 1. The molecule has 118 valence electrons. The number of hydrogen-bond donors (Lipinski definition) is 1. The average molecular weight is 287 g/mol. The van der Waals surface area contributed by atoms with Crippen molar-refractivity contribution in [2.45, 2.75) is 76.7 Å². The molecule has 0 bridgehead atoms. The Labute approximate surface area is 131 Å². The van der Waals surface area contributed by atoms with Crippen LogP contribution in [0.25, 0.3) is 0 Å². The van der Waals surface area contributed by atoms with Crippen LogP contribution < -0.4 is 5.32 Å². The van der Waals surface area contributed by atoms with Crippen LogP contribution in [0, 0.1) is 5.92 Å². The summed E-state index contributed by atoms with van der Waals surface area (Å²) in [5.74, 6) is 0.852. The van der Waals surface area contributed by atoms with Crippen molar-refractivity contribution >= 4 is 0 Å². The second kappa shape index (κ2) is 7.98. The van der Waals surface area contributed by atoms with Crippen LogP contribution in [-0.2, 0) is 5.41 Å². The molecule has 0 heterocycles. The third kappa shape index (κ3) is 3.69. The van der Waals surface area contributed by atoms with Gasteiger partial charge in [0, 0.05) is 11.5 Å². The molecule has 0 spiro atoms. The zero-order chi connectivity index (χ0) is 15.1. The van der Waals surface area contributed by atoms with Crippen LogP contribution in [0.2, 0.25) is 0 Å². The first-order chi connectivity index (χ1) is 10.3. The lowest BCUT2D eigenvalue weighted by atomic mass is 9.63. The maximum absolute atomic E-state index is 3.71. The standard InChI is InChI=1S/C20H33N/c1-4-17(5-2)16-19(21-3)20(14-10-7-11-15-20)18-12-8-6-9-13-18/h6,8-9,12-13,17,19,21H,4-5,7,10-11,14-16H2,1-3H3. The SMILES string of the molecule is CCC(CC)CC(NC)C1(c2ccccc2)CCCCC1. The first-order valence-electron chi connectivity index (χ1n) is 8.99. The summed E-state index contributed by atoms with van der Waals surface area (Å²) in [5.41, 5.74) is 1.92. The first-order valence-corrected chi connectivity index (χ1v) is 8.99. The second-order valence-electron chi connectivity index (χ2n) is 6.84. The maximum Gasteiger partial charge on any atom is 0.0164 e. The normalized spacial score (nSPS) is 19.6. The van der Waals surface area contributed by atoms with Gasteiger partial charge in [-0.25, -0.2) is 0 Å². The van der Waals surface area contributed by atoms with Gasteiger partial charge in [0.05, 0.1) is 0 Å². The van der Waals surface area contributed by atoms with Gasteiger partial charge in [-0.05, 0) is 37.8 Å². The van der Waals surface area contributed by atoms with E-state index in [0.717, 1.165) is 5.92 Å². The van der Waals surface area contributed by atoms with Crippen molar-refractivity contribution in [3.63, 3.8) is 0 Å². The molecule has 0 aromatic heterocycles. The Morgan fingerprint density at radius 1 is 1.00 bits per heavy atom. The summed E-state index contributed by atoms with van der Waals surface area (Å²) < 4.78 is 0. The molecule has 0 radical (unpaired) electrons. The molecule has 0 amide bonds. The Hall–Kier alpha value is -0.820. The van der Waals surface area contributed by atoms with Gasteiger partial charge < -0.3 is 5.32 Å². The molecule has 1 aromatic carbocycles. The van der Waals surface area contributed by atoms with Crippen LogP contribution in [0.15, 0.2) is 30.3 Å². The van der Waals surface area contributed by atoms with E-state index < -0.39 is 0 Å². The molecule has 0 saturated heterocycles. The Bertz CT molecular complexity index is 388. The van der Waals surface area contributed by atoms with E-state index in [4.69, 9.17) is 0 Å². The van der Waals surface area contributed by atoms with Crippen LogP contribution in [0.5, 0.6) is 0 Å². The number of rotatable bonds is 7. The van der Waals surface area contributed by atoms with E-state index in [1.165, 1.54) is 51.4 Å². The van der Waals surface area contributed by atoms with Gasteiger partial charge in [0.15, 0.2) is 0 Å². The molecule has 1 aliphatic rings. The van der Waals surface area contributed by atoms with Crippen LogP contribution in [0.4, 0.5) is 0 Å². The topological polar surface area (TPSA) is 12.0 Å². The van der Waals surface area contributed by atoms with E-state index in [-0.39, 0.29) is 0 Å². The predicted molar refractivity (Wildman–Crippen MR) is 92.7 cm³/mol. The molecule has 2 rings (SSSR count). The van der Waals surface area contributed by atoms with E-state index >= 15 is 0 Å². The molecule has 1 unspecified atom stereocenters. The van der Waals surface area contributed by atoms with Crippen molar-refractivity contribution in [3.05, 3.63) is 35.9 Å². The Balaban J connectivity index is 2.29. The van der Waals surface area contributed by atoms with E-state index in [1.54, 1.807) is 5.56 Å². The molecular formula is C20H33N. The highest BCUT2D eigenvalue weighted by Crippen LogP contribution is 2.44. The average Bonchev–Trinajstić information content (AvgIpc) is 2.57. The summed E-state index contributed by atoms with van der Waals surface area (Å²) in [7, 11) is 2.17. The summed E-state index contributed by atoms with van der Waals surface area (Å²) >= 11 is 0. The summed E-state index contributed by atoms with van der Waals surface area (Å²) in [6.07, 6.45) is 10.8. The minimum absolute atomic E-state index is 0.358. The van der Waals surface area contributed by atoms with Gasteiger partial charge in [-0.1, -0.05) is 76.3 Å². The monoisotopic (exact) mass is 287 g/mol. The third-order valence-corrected chi connectivity index (χ3v) is 5.83. The second-order valence-corrected chi connectivity index (χ2v) is 6.84. The fraction of sp³-hybridized carbons (Fsp3) is 0.700. The van der Waals surface area contributed by atoms with Crippen molar-refractivity contribution in [1.82, 2.24) is 5.32 Å². The van der Waals surface area contributed by atoms with Crippen molar-refractivity contribution in [3.8, 4) is 0 Å². The van der Waals surface area contributed by atoms with Crippen molar-refractivity contribution < 1.29 is 0 Å². The zero-order valence-electron chi connectivity index (χ0n) is 14.2. The van der Waals surface area contributed by atoms with Crippen LogP contribution in [0.3, 0.4) is 0 Å². The summed E-state index contributed by atoms with van der Waals surface area (Å²) in [6, 6.07) is 11.9. The Morgan fingerprint density at radius 2 is 1.62 bits per heavy atom. The summed E-state index contributed by atoms with van der Waals surface area (Å²) in [4.78, 5) is 0. The lowest BCUT2D eigenvalue weighted by Gasteiger charge is -2.45. The van der Waals surface area contributed by atoms with Crippen LogP contribution in [-0.4, -0.2) is 13.1 Å². The molecule has 0 aliphatic heterocycles. The molecule has 1 atom stereocenters. The molecule has 1 aromatic rings. The zero-order valence-corrected chi connectivity index (χ0v) is 14.2. The highest BCUT2D eigenvalue weighted by atomic mass is 14.9. The molecule has 1 N–H and O–H groups in total. The van der Waals surface area contributed by atoms with Crippen molar-refractivity contribution in [2.24, 2.45) is 5.92 Å². The minimum atomic E-state index is 0.358. The third-order valence-electron chi connectivity index (χ3n) is 5.83. The van der Waals surface area contributed by atoms with Crippen molar-refractivity contribution in [2.75, 3.05) is 7.05 Å². The Kier molecular flexibility index (Phi) is 6.29. The molecule has 21 heavy (non-hydrogen) atoms. The molecular weight excluding hydrogens is 254 g/mol. The van der Waals surface area contributed by atoms with E-state index in [0.29, 0.717) is 11.5 Å². The van der Waals surface area contributed by atoms with Gasteiger partial charge in [0.25, 0.3) is 0 Å². The van der Waals surface area contributed by atoms with Gasteiger partial charge >= 0.3 is 0 Å². The fourth-order valence-electron chi connectivity index (χ4n) is 4.37. The van der Waals surface area contributed by atoms with Gasteiger partial charge in [0.2, 0.25) is 0 Å². The lowest BCUT2D eigenvalue weighted by Crippen LogP contribution is -2.49. The van der Waals surface area contributed by atoms with E-state index in [9.17, 15) is 0 Å². The van der Waals surface area contributed by atoms with Gasteiger partial charge in [-0.2, -0.15) is 0 Å². The highest BCUT2D eigenvalue weighted by molar-refractivity contribution is 5.28. The number of nitrogens with one attached hydrogen (secondary N) is 1. The van der Waals surface area contributed by atoms with E-state index in [2.05, 4.69) is 56.5 Å². The number of hydrogen-bond acceptors (Lipinski definition) is 1. The predicted octanol–water partition coefficient (Wildman–Crippen LogP) is 5.30. The highest BCUT2D eigenvalue weighted by Gasteiger charge is 2.40. The first kappa shape index (κ1) is 16.5. The van der Waals surface area contributed by atoms with E-state index in [1.807, 2.05) is 0 Å². The van der Waals surface area contributed by atoms with Crippen LogP contribution in [0.1, 0.15) is 70.8 Å². The molecule has 1 heteroatoms. The summed E-state index contributed by atoms with van der Waals surface area (Å²) in [6.45, 7) is 4.69. The quantitative estimate of drug-likeness (QED) is 0.717. The largest absolute Gasteiger partial charge is 0.316 e. The number of likely N-dealkylation sites (N-methyl/N-ethyl adjacent to an activating group) is 1. The van der Waals surface area contributed by atoms with Gasteiger partial charge in [0.1, 0.15) is 0 Å². The van der Waals surface area contributed by atoms with Crippen LogP contribution >= 0.6 is 0 Å².